The normalized spacial score (nSPS) is 11.8. The predicted molar refractivity (Wildman–Crippen MR) is 102 cm³/mol. The number of benzene rings is 3. The highest BCUT2D eigenvalue weighted by atomic mass is 32.1. The number of hydrogen-bond acceptors (Lipinski definition) is 4. The van der Waals surface area contributed by atoms with Gasteiger partial charge in [0.05, 0.1) is 0 Å². The van der Waals surface area contributed by atoms with Crippen LogP contribution in [-0.2, 0) is 6.61 Å². The first kappa shape index (κ1) is 17.2. The van der Waals surface area contributed by atoms with Gasteiger partial charge in [-0.3, -0.25) is 0 Å². The van der Waals surface area contributed by atoms with Crippen molar-refractivity contribution in [1.29, 1.82) is 0 Å². The fourth-order valence-corrected chi connectivity index (χ4v) is 2.87. The van der Waals surface area contributed by atoms with E-state index in [9.17, 15) is 5.11 Å². The van der Waals surface area contributed by atoms with Crippen molar-refractivity contribution in [2.45, 2.75) is 24.5 Å². The Morgan fingerprint density at radius 2 is 1.60 bits per heavy atom. The fourth-order valence-electron chi connectivity index (χ4n) is 2.49. The van der Waals surface area contributed by atoms with Gasteiger partial charge in [-0.15, -0.1) is 12.6 Å². The summed E-state index contributed by atoms with van der Waals surface area (Å²) < 4.78 is 11.7. The van der Waals surface area contributed by atoms with Crippen molar-refractivity contribution < 1.29 is 14.6 Å². The standard InChI is InChI=1S/C21H20O3S/c1-15(24-18-9-7-17(22)8-10-18)20-12-11-19(13-21(20)25)23-14-16-5-3-2-4-6-16/h2-13,15,22,25H,14H2,1H3. The average molecular weight is 352 g/mol. The van der Waals surface area contributed by atoms with E-state index in [2.05, 4.69) is 12.6 Å². The smallest absolute Gasteiger partial charge is 0.122 e. The van der Waals surface area contributed by atoms with Crippen LogP contribution in [0, 0.1) is 0 Å². The minimum atomic E-state index is -0.166. The van der Waals surface area contributed by atoms with Gasteiger partial charge in [0.2, 0.25) is 0 Å². The lowest BCUT2D eigenvalue weighted by atomic mass is 10.1. The number of phenols is 1. The molecule has 0 saturated heterocycles. The number of phenolic OH excluding ortho intramolecular Hbond substituents is 1. The SMILES string of the molecule is CC(Oc1ccc(O)cc1)c1ccc(OCc2ccccc2)cc1S. The molecular formula is C21H20O3S. The highest BCUT2D eigenvalue weighted by Crippen LogP contribution is 2.30. The Kier molecular flexibility index (Phi) is 5.51. The Morgan fingerprint density at radius 3 is 2.28 bits per heavy atom. The number of hydrogen-bond donors (Lipinski definition) is 2. The second-order valence-corrected chi connectivity index (χ2v) is 6.23. The van der Waals surface area contributed by atoms with Gasteiger partial charge in [0.1, 0.15) is 30.0 Å². The third-order valence-corrected chi connectivity index (χ3v) is 4.23. The number of ether oxygens (including phenoxy) is 2. The van der Waals surface area contributed by atoms with E-state index in [1.807, 2.05) is 55.5 Å². The summed E-state index contributed by atoms with van der Waals surface area (Å²) in [5, 5.41) is 9.33. The van der Waals surface area contributed by atoms with Crippen LogP contribution in [0.2, 0.25) is 0 Å². The molecule has 0 heterocycles. The topological polar surface area (TPSA) is 38.7 Å². The van der Waals surface area contributed by atoms with E-state index in [-0.39, 0.29) is 11.9 Å². The molecule has 128 valence electrons. The number of thiol groups is 1. The van der Waals surface area contributed by atoms with Crippen LogP contribution < -0.4 is 9.47 Å². The van der Waals surface area contributed by atoms with Crippen molar-refractivity contribution in [1.82, 2.24) is 0 Å². The van der Waals surface area contributed by atoms with Gasteiger partial charge in [0, 0.05) is 10.5 Å². The van der Waals surface area contributed by atoms with E-state index >= 15 is 0 Å². The van der Waals surface area contributed by atoms with Crippen LogP contribution in [-0.4, -0.2) is 5.11 Å². The monoisotopic (exact) mass is 352 g/mol. The predicted octanol–water partition coefficient (Wildman–Crippen LogP) is 5.40. The van der Waals surface area contributed by atoms with Crippen LogP contribution in [0.25, 0.3) is 0 Å². The lowest BCUT2D eigenvalue weighted by Gasteiger charge is -2.17. The second-order valence-electron chi connectivity index (χ2n) is 5.75. The minimum absolute atomic E-state index is 0.166. The molecule has 0 fully saturated rings. The van der Waals surface area contributed by atoms with E-state index in [4.69, 9.17) is 9.47 Å². The van der Waals surface area contributed by atoms with Crippen LogP contribution in [0.15, 0.2) is 77.7 Å². The van der Waals surface area contributed by atoms with E-state index in [1.165, 1.54) is 0 Å². The average Bonchev–Trinajstić information content (AvgIpc) is 2.63. The molecule has 0 aromatic heterocycles. The summed E-state index contributed by atoms with van der Waals surface area (Å²) in [6.07, 6.45) is -0.166. The molecule has 3 rings (SSSR count). The molecule has 0 aliphatic heterocycles. The zero-order valence-electron chi connectivity index (χ0n) is 13.9. The van der Waals surface area contributed by atoms with Crippen LogP contribution in [0.5, 0.6) is 17.2 Å². The second kappa shape index (κ2) is 7.99. The first-order valence-corrected chi connectivity index (χ1v) is 8.52. The van der Waals surface area contributed by atoms with Crippen LogP contribution in [0.4, 0.5) is 0 Å². The summed E-state index contributed by atoms with van der Waals surface area (Å²) >= 11 is 4.57. The molecular weight excluding hydrogens is 332 g/mol. The maximum Gasteiger partial charge on any atom is 0.122 e. The lowest BCUT2D eigenvalue weighted by molar-refractivity contribution is 0.223. The van der Waals surface area contributed by atoms with Crippen LogP contribution >= 0.6 is 12.6 Å². The van der Waals surface area contributed by atoms with E-state index < -0.39 is 0 Å². The molecule has 25 heavy (non-hydrogen) atoms. The number of aromatic hydroxyl groups is 1. The van der Waals surface area contributed by atoms with Gasteiger partial charge in [-0.05, 0) is 48.9 Å². The number of rotatable bonds is 6. The molecule has 3 aromatic rings. The Morgan fingerprint density at radius 1 is 0.920 bits per heavy atom. The van der Waals surface area contributed by atoms with Crippen molar-refractivity contribution in [3.63, 3.8) is 0 Å². The van der Waals surface area contributed by atoms with E-state index in [0.717, 1.165) is 21.8 Å². The van der Waals surface area contributed by atoms with Gasteiger partial charge in [-0.2, -0.15) is 0 Å². The first-order valence-electron chi connectivity index (χ1n) is 8.07. The minimum Gasteiger partial charge on any atom is -0.508 e. The summed E-state index contributed by atoms with van der Waals surface area (Å²) in [7, 11) is 0. The van der Waals surface area contributed by atoms with E-state index in [1.54, 1.807) is 24.3 Å². The maximum absolute atomic E-state index is 9.33. The largest absolute Gasteiger partial charge is 0.508 e. The molecule has 0 aliphatic carbocycles. The van der Waals surface area contributed by atoms with Gasteiger partial charge in [0.15, 0.2) is 0 Å². The molecule has 0 radical (unpaired) electrons. The molecule has 1 N–H and O–H groups in total. The van der Waals surface area contributed by atoms with Gasteiger partial charge in [0.25, 0.3) is 0 Å². The third-order valence-electron chi connectivity index (χ3n) is 3.84. The van der Waals surface area contributed by atoms with Crippen molar-refractivity contribution in [2.75, 3.05) is 0 Å². The third kappa shape index (κ3) is 4.70. The molecule has 0 aliphatic rings. The van der Waals surface area contributed by atoms with Crippen molar-refractivity contribution in [2.24, 2.45) is 0 Å². The van der Waals surface area contributed by atoms with Gasteiger partial charge >= 0.3 is 0 Å². The van der Waals surface area contributed by atoms with Gasteiger partial charge in [-0.25, -0.2) is 0 Å². The molecule has 3 aromatic carbocycles. The van der Waals surface area contributed by atoms with Crippen LogP contribution in [0.3, 0.4) is 0 Å². The maximum atomic E-state index is 9.33. The Hall–Kier alpha value is -2.59. The van der Waals surface area contributed by atoms with Crippen molar-refractivity contribution in [3.8, 4) is 17.2 Å². The summed E-state index contributed by atoms with van der Waals surface area (Å²) in [6.45, 7) is 2.49. The van der Waals surface area contributed by atoms with Crippen molar-refractivity contribution >= 4 is 12.6 Å². The molecule has 0 amide bonds. The molecule has 1 atom stereocenters. The quantitative estimate of drug-likeness (QED) is 0.583. The lowest BCUT2D eigenvalue weighted by Crippen LogP contribution is -2.04. The highest BCUT2D eigenvalue weighted by molar-refractivity contribution is 7.80. The highest BCUT2D eigenvalue weighted by Gasteiger charge is 2.12. The Balaban J connectivity index is 1.65. The molecule has 0 spiro atoms. The zero-order chi connectivity index (χ0) is 17.6. The summed E-state index contributed by atoms with van der Waals surface area (Å²) in [4.78, 5) is 0.817. The fraction of sp³-hybridized carbons (Fsp3) is 0.143. The molecule has 0 bridgehead atoms. The molecule has 4 heteroatoms. The van der Waals surface area contributed by atoms with Gasteiger partial charge < -0.3 is 14.6 Å². The Bertz CT molecular complexity index is 816. The zero-order valence-corrected chi connectivity index (χ0v) is 14.8. The van der Waals surface area contributed by atoms with Gasteiger partial charge in [-0.1, -0.05) is 36.4 Å². The molecule has 3 nitrogen and oxygen atoms in total. The van der Waals surface area contributed by atoms with Crippen LogP contribution in [0.1, 0.15) is 24.2 Å². The molecule has 1 unspecified atom stereocenters. The van der Waals surface area contributed by atoms with E-state index in [0.29, 0.717) is 12.4 Å². The summed E-state index contributed by atoms with van der Waals surface area (Å²) in [5.74, 6) is 1.69. The first-order chi connectivity index (χ1) is 12.1. The summed E-state index contributed by atoms with van der Waals surface area (Å²) in [5.41, 5.74) is 2.10. The summed E-state index contributed by atoms with van der Waals surface area (Å²) in [6, 6.07) is 22.5. The van der Waals surface area contributed by atoms with Crippen molar-refractivity contribution in [3.05, 3.63) is 83.9 Å². The Labute approximate surface area is 153 Å². The molecule has 0 saturated carbocycles.